The van der Waals surface area contributed by atoms with E-state index in [0.717, 1.165) is 17.1 Å². The second kappa shape index (κ2) is 6.88. The molecule has 0 aliphatic rings. The Morgan fingerprint density at radius 2 is 1.90 bits per heavy atom. The largest absolute Gasteiger partial charge is 0.382 e. The van der Waals surface area contributed by atoms with Crippen molar-refractivity contribution in [2.75, 3.05) is 5.32 Å². The lowest BCUT2D eigenvalue weighted by Crippen LogP contribution is -2.25. The van der Waals surface area contributed by atoms with Crippen LogP contribution in [0.25, 0.3) is 0 Å². The number of nitrogens with one attached hydrogen (secondary N) is 2. The molecule has 0 aliphatic carbocycles. The lowest BCUT2D eigenvalue weighted by Gasteiger charge is -2.14. The second-order valence-corrected chi connectivity index (χ2v) is 5.30. The quantitative estimate of drug-likeness (QED) is 0.886. The van der Waals surface area contributed by atoms with Gasteiger partial charge >= 0.3 is 0 Å². The Morgan fingerprint density at radius 1 is 1.14 bits per heavy atom. The Kier molecular flexibility index (Phi) is 4.93. The maximum Gasteiger partial charge on any atom is 0.253 e. The number of aryl methyl sites for hydroxylation is 1. The molecule has 110 valence electrons. The summed E-state index contributed by atoms with van der Waals surface area (Å²) in [4.78, 5) is 16.7. The highest BCUT2D eigenvalue weighted by molar-refractivity contribution is 5.99. The van der Waals surface area contributed by atoms with Crippen LogP contribution in [0.2, 0.25) is 0 Å². The molecule has 0 fully saturated rings. The van der Waals surface area contributed by atoms with Crippen molar-refractivity contribution in [3.8, 4) is 0 Å². The van der Waals surface area contributed by atoms with Gasteiger partial charge in [0.05, 0.1) is 17.8 Å². The molecule has 4 heteroatoms. The monoisotopic (exact) mass is 283 g/mol. The maximum atomic E-state index is 12.3. The number of carbonyl (C=O) groups excluding carboxylic acids is 1. The number of pyridine rings is 1. The summed E-state index contributed by atoms with van der Waals surface area (Å²) < 4.78 is 0. The van der Waals surface area contributed by atoms with Crippen LogP contribution in [0.5, 0.6) is 0 Å². The zero-order chi connectivity index (χ0) is 15.2. The average Bonchev–Trinajstić information content (AvgIpc) is 2.45. The fourth-order valence-electron chi connectivity index (χ4n) is 2.08. The number of para-hydroxylation sites is 1. The van der Waals surface area contributed by atoms with E-state index in [2.05, 4.69) is 15.6 Å². The highest BCUT2D eigenvalue weighted by atomic mass is 16.1. The molecule has 0 atom stereocenters. The molecule has 0 unspecified atom stereocenters. The van der Waals surface area contributed by atoms with Crippen LogP contribution in [-0.2, 0) is 6.54 Å². The molecule has 1 heterocycles. The summed E-state index contributed by atoms with van der Waals surface area (Å²) >= 11 is 0. The number of hydrogen-bond donors (Lipinski definition) is 2. The van der Waals surface area contributed by atoms with Crippen LogP contribution in [0.3, 0.4) is 0 Å². The van der Waals surface area contributed by atoms with Crippen molar-refractivity contribution in [1.29, 1.82) is 0 Å². The van der Waals surface area contributed by atoms with Crippen LogP contribution in [-0.4, -0.2) is 16.9 Å². The standard InChI is InChI=1S/C17H21N3O/c1-12(2)19-16-10-5-4-9-15(16)17(21)18-11-14-8-6-7-13(3)20-14/h4-10,12,19H,11H2,1-3H3,(H,18,21). The van der Waals surface area contributed by atoms with Gasteiger partial charge in [-0.05, 0) is 45.0 Å². The molecule has 0 bridgehead atoms. The topological polar surface area (TPSA) is 54.0 Å². The van der Waals surface area contributed by atoms with Crippen molar-refractivity contribution < 1.29 is 4.79 Å². The van der Waals surface area contributed by atoms with E-state index in [4.69, 9.17) is 0 Å². The molecule has 2 N–H and O–H groups in total. The van der Waals surface area contributed by atoms with Gasteiger partial charge < -0.3 is 10.6 Å². The Hall–Kier alpha value is -2.36. The summed E-state index contributed by atoms with van der Waals surface area (Å²) in [6.45, 7) is 6.46. The van der Waals surface area contributed by atoms with Crippen molar-refractivity contribution in [1.82, 2.24) is 10.3 Å². The van der Waals surface area contributed by atoms with Gasteiger partial charge in [0.15, 0.2) is 0 Å². The molecule has 2 aromatic rings. The Morgan fingerprint density at radius 3 is 2.62 bits per heavy atom. The van der Waals surface area contributed by atoms with Crippen molar-refractivity contribution in [3.05, 3.63) is 59.4 Å². The minimum absolute atomic E-state index is 0.0953. The number of rotatable bonds is 5. The molecule has 21 heavy (non-hydrogen) atoms. The van der Waals surface area contributed by atoms with Gasteiger partial charge in [0.1, 0.15) is 0 Å². The zero-order valence-electron chi connectivity index (χ0n) is 12.7. The number of anilines is 1. The first-order chi connectivity index (χ1) is 10.1. The summed E-state index contributed by atoms with van der Waals surface area (Å²) in [5.41, 5.74) is 3.31. The zero-order valence-corrected chi connectivity index (χ0v) is 12.7. The molecule has 0 spiro atoms. The van der Waals surface area contributed by atoms with Gasteiger partial charge in [-0.2, -0.15) is 0 Å². The third kappa shape index (κ3) is 4.31. The van der Waals surface area contributed by atoms with Crippen molar-refractivity contribution in [3.63, 3.8) is 0 Å². The number of benzene rings is 1. The van der Waals surface area contributed by atoms with E-state index >= 15 is 0 Å². The fraction of sp³-hybridized carbons (Fsp3) is 0.294. The number of nitrogens with zero attached hydrogens (tertiary/aromatic N) is 1. The molecule has 0 radical (unpaired) electrons. The van der Waals surface area contributed by atoms with Gasteiger partial charge in [-0.3, -0.25) is 9.78 Å². The van der Waals surface area contributed by atoms with Crippen molar-refractivity contribution >= 4 is 11.6 Å². The van der Waals surface area contributed by atoms with Crippen molar-refractivity contribution in [2.45, 2.75) is 33.4 Å². The molecular formula is C17H21N3O. The van der Waals surface area contributed by atoms with E-state index < -0.39 is 0 Å². The van der Waals surface area contributed by atoms with Gasteiger partial charge in [0.2, 0.25) is 0 Å². The van der Waals surface area contributed by atoms with Crippen LogP contribution >= 0.6 is 0 Å². The lowest BCUT2D eigenvalue weighted by molar-refractivity contribution is 0.0951. The van der Waals surface area contributed by atoms with E-state index in [1.54, 1.807) is 0 Å². The summed E-state index contributed by atoms with van der Waals surface area (Å²) in [5, 5.41) is 6.20. The number of aromatic nitrogens is 1. The number of carbonyl (C=O) groups is 1. The van der Waals surface area contributed by atoms with E-state index in [1.807, 2.05) is 63.2 Å². The normalized spacial score (nSPS) is 10.5. The molecule has 1 amide bonds. The smallest absolute Gasteiger partial charge is 0.253 e. The van der Waals surface area contributed by atoms with E-state index in [0.29, 0.717) is 12.1 Å². The predicted molar refractivity (Wildman–Crippen MR) is 85.3 cm³/mol. The third-order valence-corrected chi connectivity index (χ3v) is 2.99. The summed E-state index contributed by atoms with van der Waals surface area (Å²) in [7, 11) is 0. The molecule has 2 rings (SSSR count). The minimum Gasteiger partial charge on any atom is -0.382 e. The Labute approximate surface area is 125 Å². The lowest BCUT2D eigenvalue weighted by atomic mass is 10.1. The Balaban J connectivity index is 2.07. The molecule has 0 saturated heterocycles. The first kappa shape index (κ1) is 15.0. The van der Waals surface area contributed by atoms with Gasteiger partial charge in [-0.15, -0.1) is 0 Å². The van der Waals surface area contributed by atoms with Crippen LogP contribution in [0.1, 0.15) is 35.6 Å². The minimum atomic E-state index is -0.0953. The van der Waals surface area contributed by atoms with Crippen LogP contribution in [0.4, 0.5) is 5.69 Å². The van der Waals surface area contributed by atoms with Gasteiger partial charge in [0, 0.05) is 17.4 Å². The van der Waals surface area contributed by atoms with Crippen molar-refractivity contribution in [2.24, 2.45) is 0 Å². The number of hydrogen-bond acceptors (Lipinski definition) is 3. The van der Waals surface area contributed by atoms with E-state index in [1.165, 1.54) is 0 Å². The van der Waals surface area contributed by atoms with E-state index in [9.17, 15) is 4.79 Å². The summed E-state index contributed by atoms with van der Waals surface area (Å²) in [5.74, 6) is -0.0953. The maximum absolute atomic E-state index is 12.3. The molecule has 4 nitrogen and oxygen atoms in total. The van der Waals surface area contributed by atoms with Crippen LogP contribution in [0, 0.1) is 6.92 Å². The molecular weight excluding hydrogens is 262 g/mol. The SMILES string of the molecule is Cc1cccc(CNC(=O)c2ccccc2NC(C)C)n1. The second-order valence-electron chi connectivity index (χ2n) is 5.30. The van der Waals surface area contributed by atoms with E-state index in [-0.39, 0.29) is 11.9 Å². The third-order valence-electron chi connectivity index (χ3n) is 2.99. The first-order valence-corrected chi connectivity index (χ1v) is 7.12. The van der Waals surface area contributed by atoms with Crippen LogP contribution < -0.4 is 10.6 Å². The highest BCUT2D eigenvalue weighted by Gasteiger charge is 2.11. The molecule has 1 aromatic carbocycles. The number of amides is 1. The van der Waals surface area contributed by atoms with Gasteiger partial charge in [-0.1, -0.05) is 18.2 Å². The Bertz CT molecular complexity index is 623. The molecule has 0 aliphatic heterocycles. The fourth-order valence-corrected chi connectivity index (χ4v) is 2.08. The summed E-state index contributed by atoms with van der Waals surface area (Å²) in [6.07, 6.45) is 0. The van der Waals surface area contributed by atoms with Gasteiger partial charge in [-0.25, -0.2) is 0 Å². The van der Waals surface area contributed by atoms with Gasteiger partial charge in [0.25, 0.3) is 5.91 Å². The summed E-state index contributed by atoms with van der Waals surface area (Å²) in [6, 6.07) is 13.6. The highest BCUT2D eigenvalue weighted by Crippen LogP contribution is 2.16. The average molecular weight is 283 g/mol. The first-order valence-electron chi connectivity index (χ1n) is 7.12. The predicted octanol–water partition coefficient (Wildman–Crippen LogP) is 3.14. The molecule has 1 aromatic heterocycles. The molecule has 0 saturated carbocycles. The van der Waals surface area contributed by atoms with Crippen LogP contribution in [0.15, 0.2) is 42.5 Å².